The number of halogens is 1. The number of para-hydroxylation sites is 1. The molecule has 3 aromatic rings. The van der Waals surface area contributed by atoms with Crippen molar-refractivity contribution in [3.63, 3.8) is 0 Å². The van der Waals surface area contributed by atoms with E-state index < -0.39 is 11.9 Å². The van der Waals surface area contributed by atoms with Crippen LogP contribution in [0.3, 0.4) is 0 Å². The highest BCUT2D eigenvalue weighted by molar-refractivity contribution is 5.94. The lowest BCUT2D eigenvalue weighted by Crippen LogP contribution is -2.36. The van der Waals surface area contributed by atoms with Crippen LogP contribution in [0, 0.1) is 5.82 Å². The number of rotatable bonds is 6. The van der Waals surface area contributed by atoms with Crippen molar-refractivity contribution >= 4 is 17.4 Å². The summed E-state index contributed by atoms with van der Waals surface area (Å²) in [4.78, 5) is 14.6. The molecule has 160 valence electrons. The molecule has 2 aromatic carbocycles. The van der Waals surface area contributed by atoms with Gasteiger partial charge in [-0.15, -0.1) is 10.2 Å². The number of nitrogens with zero attached hydrogens (tertiary/aromatic N) is 3. The quantitative estimate of drug-likeness (QED) is 0.655. The summed E-state index contributed by atoms with van der Waals surface area (Å²) in [5.41, 5.74) is 2.11. The molecule has 0 saturated carbocycles. The zero-order chi connectivity index (χ0) is 21.6. The van der Waals surface area contributed by atoms with Crippen molar-refractivity contribution in [2.24, 2.45) is 0 Å². The third kappa shape index (κ3) is 5.16. The molecule has 1 saturated heterocycles. The molecule has 0 unspecified atom stereocenters. The van der Waals surface area contributed by atoms with Crippen LogP contribution in [0.2, 0.25) is 0 Å². The molecule has 1 aliphatic rings. The van der Waals surface area contributed by atoms with Gasteiger partial charge in [-0.25, -0.2) is 4.39 Å². The van der Waals surface area contributed by atoms with Crippen molar-refractivity contribution in [3.8, 4) is 17.0 Å². The van der Waals surface area contributed by atoms with Crippen LogP contribution in [0.5, 0.6) is 5.75 Å². The highest BCUT2D eigenvalue weighted by atomic mass is 19.1. The van der Waals surface area contributed by atoms with Crippen LogP contribution in [0.25, 0.3) is 11.3 Å². The maximum atomic E-state index is 13.7. The summed E-state index contributed by atoms with van der Waals surface area (Å²) in [6.07, 6.45) is -0.867. The maximum absolute atomic E-state index is 13.7. The Balaban J connectivity index is 1.42. The number of aromatic nitrogens is 2. The summed E-state index contributed by atoms with van der Waals surface area (Å²) >= 11 is 0. The number of amides is 1. The largest absolute Gasteiger partial charge is 0.478 e. The molecule has 4 rings (SSSR count). The van der Waals surface area contributed by atoms with Crippen molar-refractivity contribution in [2.45, 2.75) is 13.0 Å². The molecule has 7 nitrogen and oxygen atoms in total. The average molecular weight is 422 g/mol. The number of benzene rings is 2. The van der Waals surface area contributed by atoms with E-state index in [-0.39, 0.29) is 11.7 Å². The lowest BCUT2D eigenvalue weighted by atomic mass is 10.1. The van der Waals surface area contributed by atoms with Crippen molar-refractivity contribution < 1.29 is 18.7 Å². The predicted molar refractivity (Wildman–Crippen MR) is 116 cm³/mol. The summed E-state index contributed by atoms with van der Waals surface area (Å²) in [5.74, 6) is -0.0393. The van der Waals surface area contributed by atoms with E-state index in [9.17, 15) is 9.18 Å². The van der Waals surface area contributed by atoms with Gasteiger partial charge in [-0.05, 0) is 43.3 Å². The number of anilines is 2. The summed E-state index contributed by atoms with van der Waals surface area (Å²) in [6.45, 7) is 4.53. The number of hydrogen-bond acceptors (Lipinski definition) is 6. The van der Waals surface area contributed by atoms with Gasteiger partial charge in [-0.1, -0.05) is 24.3 Å². The van der Waals surface area contributed by atoms with Gasteiger partial charge < -0.3 is 19.7 Å². The Morgan fingerprint density at radius 1 is 1.10 bits per heavy atom. The SMILES string of the molecule is C[C@H](Oc1ccccc1F)C(=O)Nc1cccc(-c2ccc(N3CCOCC3)nn2)c1. The Morgan fingerprint density at radius 2 is 1.90 bits per heavy atom. The molecule has 0 spiro atoms. The molecule has 0 radical (unpaired) electrons. The highest BCUT2D eigenvalue weighted by Crippen LogP contribution is 2.23. The fourth-order valence-electron chi connectivity index (χ4n) is 3.22. The van der Waals surface area contributed by atoms with Gasteiger partial charge in [0.15, 0.2) is 23.5 Å². The Morgan fingerprint density at radius 3 is 2.65 bits per heavy atom. The molecular weight excluding hydrogens is 399 g/mol. The molecule has 1 atom stereocenters. The van der Waals surface area contributed by atoms with E-state index in [1.165, 1.54) is 12.1 Å². The first-order valence-corrected chi connectivity index (χ1v) is 10.1. The number of hydrogen-bond donors (Lipinski definition) is 1. The van der Waals surface area contributed by atoms with Gasteiger partial charge >= 0.3 is 0 Å². The zero-order valence-electron chi connectivity index (χ0n) is 17.1. The van der Waals surface area contributed by atoms with Gasteiger partial charge in [0.2, 0.25) is 0 Å². The molecule has 0 bridgehead atoms. The fourth-order valence-corrected chi connectivity index (χ4v) is 3.22. The monoisotopic (exact) mass is 422 g/mol. The smallest absolute Gasteiger partial charge is 0.265 e. The first kappa shape index (κ1) is 20.7. The molecule has 0 aliphatic carbocycles. The maximum Gasteiger partial charge on any atom is 0.265 e. The van der Waals surface area contributed by atoms with E-state index >= 15 is 0 Å². The van der Waals surface area contributed by atoms with Crippen LogP contribution >= 0.6 is 0 Å². The van der Waals surface area contributed by atoms with Gasteiger partial charge in [-0.3, -0.25) is 4.79 Å². The molecule has 1 fully saturated rings. The predicted octanol–water partition coefficient (Wildman–Crippen LogP) is 3.53. The third-order valence-corrected chi connectivity index (χ3v) is 4.92. The van der Waals surface area contributed by atoms with E-state index in [4.69, 9.17) is 9.47 Å². The Hall–Kier alpha value is -3.52. The minimum Gasteiger partial charge on any atom is -0.478 e. The average Bonchev–Trinajstić information content (AvgIpc) is 2.81. The van der Waals surface area contributed by atoms with Gasteiger partial charge in [0.05, 0.1) is 18.9 Å². The summed E-state index contributed by atoms with van der Waals surface area (Å²) in [5, 5.41) is 11.5. The van der Waals surface area contributed by atoms with Crippen molar-refractivity contribution in [1.82, 2.24) is 10.2 Å². The van der Waals surface area contributed by atoms with Crippen LogP contribution < -0.4 is 15.0 Å². The molecular formula is C23H23FN4O3. The Bertz CT molecular complexity index is 1040. The first-order chi connectivity index (χ1) is 15.1. The molecule has 1 N–H and O–H groups in total. The van der Waals surface area contributed by atoms with Crippen LogP contribution in [0.15, 0.2) is 60.7 Å². The zero-order valence-corrected chi connectivity index (χ0v) is 17.1. The lowest BCUT2D eigenvalue weighted by Gasteiger charge is -2.27. The summed E-state index contributed by atoms with van der Waals surface area (Å²) < 4.78 is 24.6. The van der Waals surface area contributed by atoms with Crippen molar-refractivity contribution in [2.75, 3.05) is 36.5 Å². The summed E-state index contributed by atoms with van der Waals surface area (Å²) in [7, 11) is 0. The number of carbonyl (C=O) groups is 1. The Labute approximate surface area is 179 Å². The molecule has 2 heterocycles. The standard InChI is InChI=1S/C23H23FN4O3/c1-16(31-21-8-3-2-7-19(21)24)23(29)25-18-6-4-5-17(15-18)20-9-10-22(27-26-20)28-11-13-30-14-12-28/h2-10,15-16H,11-14H2,1H3,(H,25,29)/t16-/m0/s1. The number of carbonyl (C=O) groups excluding carboxylic acids is 1. The minimum absolute atomic E-state index is 0.0366. The van der Waals surface area contributed by atoms with Gasteiger partial charge in [-0.2, -0.15) is 0 Å². The second kappa shape index (κ2) is 9.53. The van der Waals surface area contributed by atoms with Crippen molar-refractivity contribution in [1.29, 1.82) is 0 Å². The fraction of sp³-hybridized carbons (Fsp3) is 0.261. The summed E-state index contributed by atoms with van der Waals surface area (Å²) in [6, 6.07) is 17.1. The second-order valence-electron chi connectivity index (χ2n) is 7.14. The van der Waals surface area contributed by atoms with Gasteiger partial charge in [0, 0.05) is 24.3 Å². The molecule has 31 heavy (non-hydrogen) atoms. The van der Waals surface area contributed by atoms with Crippen LogP contribution in [0.4, 0.5) is 15.9 Å². The van der Waals surface area contributed by atoms with E-state index in [1.54, 1.807) is 25.1 Å². The van der Waals surface area contributed by atoms with E-state index in [2.05, 4.69) is 20.4 Å². The van der Waals surface area contributed by atoms with Gasteiger partial charge in [0.25, 0.3) is 5.91 Å². The number of morpholine rings is 1. The normalized spacial score (nSPS) is 14.7. The van der Waals surface area contributed by atoms with E-state index in [0.717, 1.165) is 24.5 Å². The third-order valence-electron chi connectivity index (χ3n) is 4.92. The molecule has 8 heteroatoms. The topological polar surface area (TPSA) is 76.6 Å². The first-order valence-electron chi connectivity index (χ1n) is 10.1. The number of nitrogens with one attached hydrogen (secondary N) is 1. The highest BCUT2D eigenvalue weighted by Gasteiger charge is 2.17. The van der Waals surface area contributed by atoms with Crippen molar-refractivity contribution in [3.05, 3.63) is 66.5 Å². The molecule has 1 aromatic heterocycles. The van der Waals surface area contributed by atoms with Crippen LogP contribution in [-0.2, 0) is 9.53 Å². The van der Waals surface area contributed by atoms with Crippen LogP contribution in [0.1, 0.15) is 6.92 Å². The Kier molecular flexibility index (Phi) is 6.37. The minimum atomic E-state index is -0.867. The molecule has 1 amide bonds. The number of ether oxygens (including phenoxy) is 2. The van der Waals surface area contributed by atoms with E-state index in [1.807, 2.05) is 30.3 Å². The van der Waals surface area contributed by atoms with E-state index in [0.29, 0.717) is 24.6 Å². The molecule has 1 aliphatic heterocycles. The van der Waals surface area contributed by atoms with Crippen LogP contribution in [-0.4, -0.2) is 48.5 Å². The van der Waals surface area contributed by atoms with Gasteiger partial charge in [0.1, 0.15) is 0 Å². The lowest BCUT2D eigenvalue weighted by molar-refractivity contribution is -0.122. The second-order valence-corrected chi connectivity index (χ2v) is 7.14.